The molecule has 0 saturated heterocycles. The number of hydrogen-bond acceptors (Lipinski definition) is 5. The zero-order chi connectivity index (χ0) is 22.6. The van der Waals surface area contributed by atoms with Crippen LogP contribution in [-0.2, 0) is 27.8 Å². The highest BCUT2D eigenvalue weighted by atomic mass is 32.2. The van der Waals surface area contributed by atoms with E-state index >= 15 is 0 Å². The molecular formula is C24H31N3O3S2. The number of carbonyl (C=O) groups is 1. The minimum Gasteiger partial charge on any atom is -0.310 e. The third kappa shape index (κ3) is 5.85. The van der Waals surface area contributed by atoms with Crippen molar-refractivity contribution in [1.82, 2.24) is 10.0 Å². The molecule has 0 spiro atoms. The van der Waals surface area contributed by atoms with Gasteiger partial charge in [-0.05, 0) is 66.6 Å². The average Bonchev–Trinajstić information content (AvgIpc) is 2.78. The average molecular weight is 474 g/mol. The maximum absolute atomic E-state index is 13.1. The number of rotatable bonds is 8. The van der Waals surface area contributed by atoms with E-state index in [1.165, 1.54) is 44.1 Å². The second-order valence-corrected chi connectivity index (χ2v) is 11.4. The minimum absolute atomic E-state index is 0.122. The molecule has 1 saturated carbocycles. The Kier molecular flexibility index (Phi) is 7.43. The van der Waals surface area contributed by atoms with Gasteiger partial charge in [-0.15, -0.1) is 0 Å². The van der Waals surface area contributed by atoms with Crippen molar-refractivity contribution in [3.63, 3.8) is 0 Å². The third-order valence-electron chi connectivity index (χ3n) is 6.28. The van der Waals surface area contributed by atoms with Crippen LogP contribution in [0.3, 0.4) is 0 Å². The SMILES string of the molecule is C[C@@H](CC1CCCCC1)NCc1ccccc1NS(=O)(=O)c1ccc2c(c1)CC(=O)NS2. The maximum Gasteiger partial charge on any atom is 0.261 e. The lowest BCUT2D eigenvalue weighted by molar-refractivity contribution is -0.118. The molecule has 2 aliphatic rings. The number of fused-ring (bicyclic) bond motifs is 1. The van der Waals surface area contributed by atoms with E-state index in [0.29, 0.717) is 18.3 Å². The van der Waals surface area contributed by atoms with Gasteiger partial charge in [-0.25, -0.2) is 8.42 Å². The number of nitrogens with one attached hydrogen (secondary N) is 3. The van der Waals surface area contributed by atoms with Crippen molar-refractivity contribution in [2.24, 2.45) is 5.92 Å². The van der Waals surface area contributed by atoms with Crippen LogP contribution >= 0.6 is 11.9 Å². The molecule has 1 aliphatic carbocycles. The van der Waals surface area contributed by atoms with E-state index in [9.17, 15) is 13.2 Å². The lowest BCUT2D eigenvalue weighted by Crippen LogP contribution is -2.29. The fourth-order valence-corrected chi connectivity index (χ4v) is 6.40. The van der Waals surface area contributed by atoms with Crippen molar-refractivity contribution in [2.75, 3.05) is 4.72 Å². The van der Waals surface area contributed by atoms with Crippen LogP contribution in [0.25, 0.3) is 0 Å². The van der Waals surface area contributed by atoms with E-state index in [-0.39, 0.29) is 17.2 Å². The molecule has 32 heavy (non-hydrogen) atoms. The lowest BCUT2D eigenvalue weighted by Gasteiger charge is -2.25. The second-order valence-electron chi connectivity index (χ2n) is 8.86. The first kappa shape index (κ1) is 23.1. The molecule has 172 valence electrons. The molecule has 0 unspecified atom stereocenters. The number of benzene rings is 2. The normalized spacial score (nSPS) is 18.0. The van der Waals surface area contributed by atoms with E-state index < -0.39 is 10.0 Å². The van der Waals surface area contributed by atoms with Gasteiger partial charge in [0.1, 0.15) is 0 Å². The van der Waals surface area contributed by atoms with Gasteiger partial charge in [-0.2, -0.15) is 0 Å². The molecule has 3 N–H and O–H groups in total. The number of hydrogen-bond donors (Lipinski definition) is 3. The highest BCUT2D eigenvalue weighted by Gasteiger charge is 2.22. The highest BCUT2D eigenvalue weighted by Crippen LogP contribution is 2.29. The van der Waals surface area contributed by atoms with Crippen LogP contribution in [0.4, 0.5) is 5.69 Å². The summed E-state index contributed by atoms with van der Waals surface area (Å²) in [7, 11) is -3.77. The van der Waals surface area contributed by atoms with E-state index in [2.05, 4.69) is 21.7 Å². The Morgan fingerprint density at radius 3 is 2.72 bits per heavy atom. The lowest BCUT2D eigenvalue weighted by atomic mass is 9.85. The number of carbonyl (C=O) groups excluding carboxylic acids is 1. The Hall–Kier alpha value is -2.03. The second kappa shape index (κ2) is 10.3. The summed E-state index contributed by atoms with van der Waals surface area (Å²) in [4.78, 5) is 12.7. The summed E-state index contributed by atoms with van der Waals surface area (Å²) in [5, 5.41) is 3.58. The van der Waals surface area contributed by atoms with Crippen LogP contribution in [0, 0.1) is 5.92 Å². The Morgan fingerprint density at radius 2 is 1.91 bits per heavy atom. The summed E-state index contributed by atoms with van der Waals surface area (Å²) >= 11 is 1.22. The molecule has 2 aromatic carbocycles. The molecule has 2 aromatic rings. The first-order chi connectivity index (χ1) is 15.4. The Morgan fingerprint density at radius 1 is 1.12 bits per heavy atom. The topological polar surface area (TPSA) is 87.3 Å². The summed E-state index contributed by atoms with van der Waals surface area (Å²) in [6.07, 6.45) is 8.04. The summed E-state index contributed by atoms with van der Waals surface area (Å²) in [5.74, 6) is 0.674. The molecule has 1 atom stereocenters. The van der Waals surface area contributed by atoms with E-state index in [1.807, 2.05) is 18.2 Å². The molecular weight excluding hydrogens is 442 g/mol. The molecule has 1 heterocycles. The van der Waals surface area contributed by atoms with E-state index in [4.69, 9.17) is 0 Å². The Balaban J connectivity index is 1.43. The first-order valence-electron chi connectivity index (χ1n) is 11.3. The molecule has 8 heteroatoms. The smallest absolute Gasteiger partial charge is 0.261 e. The van der Waals surface area contributed by atoms with Crippen molar-refractivity contribution in [2.45, 2.75) is 74.2 Å². The summed E-state index contributed by atoms with van der Waals surface area (Å²) in [6.45, 7) is 2.82. The van der Waals surface area contributed by atoms with Gasteiger partial charge in [0.15, 0.2) is 0 Å². The maximum atomic E-state index is 13.1. The van der Waals surface area contributed by atoms with Gasteiger partial charge in [0.2, 0.25) is 5.91 Å². The fraction of sp³-hybridized carbons (Fsp3) is 0.458. The fourth-order valence-electron chi connectivity index (χ4n) is 4.55. The van der Waals surface area contributed by atoms with Gasteiger partial charge in [-0.3, -0.25) is 14.2 Å². The van der Waals surface area contributed by atoms with Crippen LogP contribution in [0.1, 0.15) is 56.6 Å². The molecule has 6 nitrogen and oxygen atoms in total. The van der Waals surface area contributed by atoms with Crippen LogP contribution in [0.2, 0.25) is 0 Å². The van der Waals surface area contributed by atoms with Gasteiger partial charge < -0.3 is 5.32 Å². The molecule has 0 radical (unpaired) electrons. The third-order valence-corrected chi connectivity index (χ3v) is 8.59. The van der Waals surface area contributed by atoms with Crippen molar-refractivity contribution in [1.29, 1.82) is 0 Å². The molecule has 1 amide bonds. The van der Waals surface area contributed by atoms with Gasteiger partial charge in [0.05, 0.1) is 17.0 Å². The van der Waals surface area contributed by atoms with Crippen LogP contribution in [-0.4, -0.2) is 20.4 Å². The Bertz CT molecular complexity index is 1070. The zero-order valence-electron chi connectivity index (χ0n) is 18.4. The molecule has 0 bridgehead atoms. The van der Waals surface area contributed by atoms with Crippen molar-refractivity contribution in [3.8, 4) is 0 Å². The number of anilines is 1. The van der Waals surface area contributed by atoms with Crippen molar-refractivity contribution in [3.05, 3.63) is 53.6 Å². The standard InChI is InChI=1S/C24H31N3O3S2/c1-17(13-18-7-3-2-4-8-18)25-16-19-9-5-6-10-22(19)27-32(29,30)21-11-12-23-20(14-21)15-24(28)26-31-23/h5-6,9-12,14,17-18,25,27H,2-4,7-8,13,15-16H2,1H3,(H,26,28)/t17-/m0/s1. The predicted octanol–water partition coefficient (Wildman–Crippen LogP) is 4.62. The zero-order valence-corrected chi connectivity index (χ0v) is 20.0. The van der Waals surface area contributed by atoms with Crippen LogP contribution in [0.5, 0.6) is 0 Å². The van der Waals surface area contributed by atoms with Crippen LogP contribution in [0.15, 0.2) is 52.3 Å². The van der Waals surface area contributed by atoms with Crippen molar-refractivity contribution >= 4 is 33.6 Å². The van der Waals surface area contributed by atoms with Gasteiger partial charge in [-0.1, -0.05) is 50.3 Å². The number of amides is 1. The summed E-state index contributed by atoms with van der Waals surface area (Å²) in [6, 6.07) is 12.8. The van der Waals surface area contributed by atoms with E-state index in [1.54, 1.807) is 24.3 Å². The summed E-state index contributed by atoms with van der Waals surface area (Å²) < 4.78 is 31.6. The monoisotopic (exact) mass is 473 g/mol. The van der Waals surface area contributed by atoms with Crippen LogP contribution < -0.4 is 14.8 Å². The summed E-state index contributed by atoms with van der Waals surface area (Å²) in [5.41, 5.74) is 2.22. The van der Waals surface area contributed by atoms with Gasteiger partial charge in [0.25, 0.3) is 10.0 Å². The largest absolute Gasteiger partial charge is 0.310 e. The molecule has 0 aromatic heterocycles. The molecule has 1 aliphatic heterocycles. The van der Waals surface area contributed by atoms with Gasteiger partial charge in [0, 0.05) is 17.5 Å². The number of sulfonamides is 1. The van der Waals surface area contributed by atoms with E-state index in [0.717, 1.165) is 28.4 Å². The predicted molar refractivity (Wildman–Crippen MR) is 129 cm³/mol. The highest BCUT2D eigenvalue weighted by molar-refractivity contribution is 7.98. The van der Waals surface area contributed by atoms with Gasteiger partial charge >= 0.3 is 0 Å². The number of para-hydroxylation sites is 1. The quantitative estimate of drug-likeness (QED) is 0.487. The molecule has 1 fully saturated rings. The van der Waals surface area contributed by atoms with Crippen molar-refractivity contribution < 1.29 is 13.2 Å². The molecule has 4 rings (SSSR count). The minimum atomic E-state index is -3.77. The first-order valence-corrected chi connectivity index (χ1v) is 13.6. The Labute approximate surface area is 195 Å².